The Morgan fingerprint density at radius 1 is 1.13 bits per heavy atom. The van der Waals surface area contributed by atoms with Gasteiger partial charge in [0.2, 0.25) is 5.95 Å². The van der Waals surface area contributed by atoms with Gasteiger partial charge in [0.05, 0.1) is 17.5 Å². The first kappa shape index (κ1) is 17.2. The minimum atomic E-state index is -4.63. The van der Waals surface area contributed by atoms with Gasteiger partial charge in [-0.3, -0.25) is 0 Å². The fourth-order valence-electron chi connectivity index (χ4n) is 1.98. The maximum absolute atomic E-state index is 13.2. The highest BCUT2D eigenvalue weighted by atomic mass is 32.2. The summed E-state index contributed by atoms with van der Waals surface area (Å²) in [7, 11) is -0.585. The summed E-state index contributed by atoms with van der Waals surface area (Å²) in [5.41, 5.74) is -1.52. The molecule has 1 aromatic carbocycles. The van der Waals surface area contributed by atoms with Gasteiger partial charge in [0, 0.05) is 25.9 Å². The zero-order valence-corrected chi connectivity index (χ0v) is 13.4. The number of aromatic nitrogens is 2. The van der Waals surface area contributed by atoms with Crippen molar-refractivity contribution in [2.75, 3.05) is 25.3 Å². The Hall–Kier alpha value is -2.16. The second-order valence-electron chi connectivity index (χ2n) is 5.09. The molecule has 0 aliphatic carbocycles. The van der Waals surface area contributed by atoms with Gasteiger partial charge in [-0.05, 0) is 6.07 Å². The van der Waals surface area contributed by atoms with Crippen LogP contribution in [0.4, 0.5) is 19.1 Å². The van der Waals surface area contributed by atoms with E-state index in [2.05, 4.69) is 9.97 Å². The van der Waals surface area contributed by atoms with Gasteiger partial charge in [0.15, 0.2) is 9.84 Å². The van der Waals surface area contributed by atoms with Crippen molar-refractivity contribution in [2.45, 2.75) is 11.1 Å². The Morgan fingerprint density at radius 2 is 1.74 bits per heavy atom. The summed E-state index contributed by atoms with van der Waals surface area (Å²) in [5.74, 6) is 0.115. The first-order chi connectivity index (χ1) is 10.5. The molecule has 0 N–H and O–H groups in total. The quantitative estimate of drug-likeness (QED) is 0.856. The minimum Gasteiger partial charge on any atom is -0.347 e. The van der Waals surface area contributed by atoms with Gasteiger partial charge in [-0.25, -0.2) is 18.4 Å². The van der Waals surface area contributed by atoms with Crippen LogP contribution in [0, 0.1) is 0 Å². The first-order valence-electron chi connectivity index (χ1n) is 6.43. The molecule has 0 aliphatic heterocycles. The third kappa shape index (κ3) is 3.61. The Morgan fingerprint density at radius 3 is 2.26 bits per heavy atom. The highest BCUT2D eigenvalue weighted by Crippen LogP contribution is 2.38. The summed E-state index contributed by atoms with van der Waals surface area (Å²) in [6.07, 6.45) is -2.70. The van der Waals surface area contributed by atoms with Gasteiger partial charge in [-0.15, -0.1) is 0 Å². The van der Waals surface area contributed by atoms with E-state index in [1.165, 1.54) is 23.1 Å². The van der Waals surface area contributed by atoms with Crippen molar-refractivity contribution < 1.29 is 21.6 Å². The number of hydrogen-bond donors (Lipinski definition) is 0. The number of alkyl halides is 3. The fraction of sp³-hybridized carbons (Fsp3) is 0.286. The predicted molar refractivity (Wildman–Crippen MR) is 79.9 cm³/mol. The monoisotopic (exact) mass is 345 g/mol. The van der Waals surface area contributed by atoms with E-state index in [4.69, 9.17) is 0 Å². The Kier molecular flexibility index (Phi) is 4.34. The molecular formula is C14H14F3N3O2S. The van der Waals surface area contributed by atoms with E-state index in [-0.39, 0.29) is 22.1 Å². The number of hydrogen-bond acceptors (Lipinski definition) is 5. The van der Waals surface area contributed by atoms with Gasteiger partial charge in [-0.1, -0.05) is 18.2 Å². The molecule has 124 valence electrons. The lowest BCUT2D eigenvalue weighted by molar-refractivity contribution is -0.137. The molecule has 0 fully saturated rings. The topological polar surface area (TPSA) is 63.2 Å². The number of halogens is 3. The highest BCUT2D eigenvalue weighted by molar-refractivity contribution is 7.90. The van der Waals surface area contributed by atoms with Crippen LogP contribution in [0.2, 0.25) is 0 Å². The molecule has 0 spiro atoms. The maximum atomic E-state index is 13.2. The van der Waals surface area contributed by atoms with Gasteiger partial charge in [0.25, 0.3) is 0 Å². The van der Waals surface area contributed by atoms with Crippen LogP contribution in [0.3, 0.4) is 0 Å². The van der Waals surface area contributed by atoms with Gasteiger partial charge in [0.1, 0.15) is 4.90 Å². The third-order valence-electron chi connectivity index (χ3n) is 3.03. The minimum absolute atomic E-state index is 0.115. The molecule has 0 bridgehead atoms. The van der Waals surface area contributed by atoms with Crippen molar-refractivity contribution >= 4 is 15.8 Å². The molecule has 0 aliphatic rings. The van der Waals surface area contributed by atoms with Crippen molar-refractivity contribution in [1.82, 2.24) is 9.97 Å². The van der Waals surface area contributed by atoms with Crippen LogP contribution in [-0.4, -0.2) is 38.7 Å². The van der Waals surface area contributed by atoms with Crippen molar-refractivity contribution in [3.8, 4) is 11.3 Å². The number of nitrogens with zero attached hydrogens (tertiary/aromatic N) is 3. The van der Waals surface area contributed by atoms with E-state index in [1.54, 1.807) is 14.1 Å². The molecule has 9 heteroatoms. The molecule has 0 radical (unpaired) electrons. The van der Waals surface area contributed by atoms with Crippen LogP contribution in [0.25, 0.3) is 11.3 Å². The van der Waals surface area contributed by atoms with E-state index in [0.29, 0.717) is 0 Å². The SMILES string of the molecule is CN(C)c1ncc(S(C)(=O)=O)c(-c2ccccc2C(F)(F)F)n1. The van der Waals surface area contributed by atoms with E-state index < -0.39 is 21.6 Å². The van der Waals surface area contributed by atoms with Gasteiger partial charge < -0.3 is 4.90 Å². The summed E-state index contributed by atoms with van der Waals surface area (Å²) in [4.78, 5) is 9.03. The molecule has 0 saturated carbocycles. The van der Waals surface area contributed by atoms with E-state index in [0.717, 1.165) is 18.5 Å². The summed E-state index contributed by atoms with van der Waals surface area (Å²) in [5, 5.41) is 0. The second-order valence-corrected chi connectivity index (χ2v) is 7.08. The number of anilines is 1. The highest BCUT2D eigenvalue weighted by Gasteiger charge is 2.35. The lowest BCUT2D eigenvalue weighted by atomic mass is 10.0. The van der Waals surface area contributed by atoms with Gasteiger partial charge >= 0.3 is 6.18 Å². The molecule has 2 aromatic rings. The van der Waals surface area contributed by atoms with Crippen molar-refractivity contribution in [2.24, 2.45) is 0 Å². The lowest BCUT2D eigenvalue weighted by Gasteiger charge is -2.17. The van der Waals surface area contributed by atoms with Crippen LogP contribution in [0.1, 0.15) is 5.56 Å². The maximum Gasteiger partial charge on any atom is 0.417 e. The van der Waals surface area contributed by atoms with E-state index >= 15 is 0 Å². The normalized spacial score (nSPS) is 12.3. The molecule has 0 amide bonds. The lowest BCUT2D eigenvalue weighted by Crippen LogP contribution is -2.16. The van der Waals surface area contributed by atoms with Crippen LogP contribution in [0.15, 0.2) is 35.4 Å². The number of sulfone groups is 1. The summed E-state index contributed by atoms with van der Waals surface area (Å²) < 4.78 is 63.4. The predicted octanol–water partition coefficient (Wildman–Crippen LogP) is 2.63. The zero-order valence-electron chi connectivity index (χ0n) is 12.6. The molecular weight excluding hydrogens is 331 g/mol. The molecule has 0 atom stereocenters. The van der Waals surface area contributed by atoms with Crippen molar-refractivity contribution in [3.63, 3.8) is 0 Å². The standard InChI is InChI=1S/C14H14F3N3O2S/c1-20(2)13-18-8-11(23(3,21)22)12(19-13)9-6-4-5-7-10(9)14(15,16)17/h4-8H,1-3H3. The summed E-state index contributed by atoms with van der Waals surface area (Å²) >= 11 is 0. The van der Waals surface area contributed by atoms with Crippen LogP contribution in [-0.2, 0) is 16.0 Å². The molecule has 0 unspecified atom stereocenters. The van der Waals surface area contributed by atoms with E-state index in [1.807, 2.05) is 0 Å². The average Bonchev–Trinajstić information content (AvgIpc) is 2.44. The smallest absolute Gasteiger partial charge is 0.347 e. The number of rotatable bonds is 3. The molecule has 23 heavy (non-hydrogen) atoms. The number of benzene rings is 1. The Balaban J connectivity index is 2.84. The zero-order chi connectivity index (χ0) is 17.4. The fourth-order valence-corrected chi connectivity index (χ4v) is 2.73. The third-order valence-corrected chi connectivity index (χ3v) is 4.13. The molecule has 5 nitrogen and oxygen atoms in total. The van der Waals surface area contributed by atoms with Crippen LogP contribution in [0.5, 0.6) is 0 Å². The second kappa shape index (κ2) is 5.80. The van der Waals surface area contributed by atoms with E-state index in [9.17, 15) is 21.6 Å². The van der Waals surface area contributed by atoms with Crippen molar-refractivity contribution in [3.05, 3.63) is 36.0 Å². The van der Waals surface area contributed by atoms with Crippen LogP contribution >= 0.6 is 0 Å². The average molecular weight is 345 g/mol. The molecule has 2 rings (SSSR count). The Bertz CT molecular complexity index is 833. The van der Waals surface area contributed by atoms with Crippen molar-refractivity contribution in [1.29, 1.82) is 0 Å². The largest absolute Gasteiger partial charge is 0.417 e. The Labute approximate surface area is 131 Å². The van der Waals surface area contributed by atoms with Crippen LogP contribution < -0.4 is 4.90 Å². The molecule has 1 aromatic heterocycles. The van der Waals surface area contributed by atoms with Gasteiger partial charge in [-0.2, -0.15) is 13.2 Å². The molecule has 0 saturated heterocycles. The summed E-state index contributed by atoms with van der Waals surface area (Å²) in [6, 6.07) is 4.71. The first-order valence-corrected chi connectivity index (χ1v) is 8.32. The molecule has 1 heterocycles. The summed E-state index contributed by atoms with van der Waals surface area (Å²) in [6.45, 7) is 0.